The lowest BCUT2D eigenvalue weighted by molar-refractivity contribution is 0.397. The summed E-state index contributed by atoms with van der Waals surface area (Å²) in [4.78, 5) is 11.0. The van der Waals surface area contributed by atoms with Gasteiger partial charge in [-0.05, 0) is 51.2 Å². The molecule has 2 N–H and O–H groups in total. The van der Waals surface area contributed by atoms with Gasteiger partial charge in [-0.25, -0.2) is 4.98 Å². The van der Waals surface area contributed by atoms with Crippen LogP contribution in [0.3, 0.4) is 0 Å². The van der Waals surface area contributed by atoms with Gasteiger partial charge in [0.15, 0.2) is 5.82 Å². The zero-order valence-electron chi connectivity index (χ0n) is 18.3. The molecule has 7 nitrogen and oxygen atoms in total. The number of nitrogens with zero attached hydrogens (tertiary/aromatic N) is 3. The molecule has 0 aliphatic carbocycles. The number of nitrogens with one attached hydrogen (secondary N) is 2. The van der Waals surface area contributed by atoms with Crippen molar-refractivity contribution in [1.82, 2.24) is 14.9 Å². The molecule has 0 aliphatic heterocycles. The summed E-state index contributed by atoms with van der Waals surface area (Å²) in [5, 5.41) is 7.57. The average molecular weight is 460 g/mol. The normalized spacial score (nSPS) is 11.5. The highest BCUT2D eigenvalue weighted by molar-refractivity contribution is 7.70. The molecule has 2 aromatic carbocycles. The zero-order valence-corrected chi connectivity index (χ0v) is 20.0. The van der Waals surface area contributed by atoms with E-state index in [1.165, 1.54) is 6.20 Å². The lowest BCUT2D eigenvalue weighted by atomic mass is 10.1. The molecule has 0 spiro atoms. The Balaban J connectivity index is 1.96. The number of hydrogen-bond acceptors (Lipinski definition) is 7. The van der Waals surface area contributed by atoms with E-state index in [9.17, 15) is 4.57 Å². The van der Waals surface area contributed by atoms with E-state index in [0.717, 1.165) is 16.6 Å². The van der Waals surface area contributed by atoms with Crippen molar-refractivity contribution in [1.29, 1.82) is 0 Å². The van der Waals surface area contributed by atoms with E-state index < -0.39 is 7.14 Å². The quantitative estimate of drug-likeness (QED) is 0.462. The Labute approximate surface area is 188 Å². The van der Waals surface area contributed by atoms with Gasteiger partial charge in [-0.2, -0.15) is 4.98 Å². The molecule has 31 heavy (non-hydrogen) atoms. The molecule has 0 saturated heterocycles. The first-order chi connectivity index (χ1) is 14.7. The summed E-state index contributed by atoms with van der Waals surface area (Å²) < 4.78 is 18.2. The third kappa shape index (κ3) is 5.76. The first-order valence-electron chi connectivity index (χ1n) is 9.71. The number of para-hydroxylation sites is 2. The number of anilines is 4. The fraction of sp³-hybridized carbons (Fsp3) is 0.273. The van der Waals surface area contributed by atoms with Gasteiger partial charge in [0.05, 0.1) is 24.7 Å². The summed E-state index contributed by atoms with van der Waals surface area (Å²) in [6, 6.07) is 13.3. The van der Waals surface area contributed by atoms with Crippen molar-refractivity contribution in [3.8, 4) is 5.75 Å². The second kappa shape index (κ2) is 9.69. The van der Waals surface area contributed by atoms with Crippen molar-refractivity contribution in [2.24, 2.45) is 0 Å². The van der Waals surface area contributed by atoms with Gasteiger partial charge in [-0.1, -0.05) is 35.9 Å². The highest BCUT2D eigenvalue weighted by Gasteiger charge is 2.18. The van der Waals surface area contributed by atoms with Gasteiger partial charge in [0.2, 0.25) is 5.95 Å². The largest absolute Gasteiger partial charge is 0.495 e. The summed E-state index contributed by atoms with van der Waals surface area (Å²) >= 11 is 6.36. The third-order valence-corrected chi connectivity index (χ3v) is 6.36. The maximum atomic E-state index is 12.7. The molecule has 164 valence electrons. The summed E-state index contributed by atoms with van der Waals surface area (Å²) in [6.07, 6.45) is 1.53. The maximum absolute atomic E-state index is 12.7. The molecule has 1 aromatic heterocycles. The molecule has 1 heterocycles. The monoisotopic (exact) mass is 459 g/mol. The molecule has 0 unspecified atom stereocenters. The predicted octanol–water partition coefficient (Wildman–Crippen LogP) is 4.94. The van der Waals surface area contributed by atoms with Crippen molar-refractivity contribution < 1.29 is 9.30 Å². The van der Waals surface area contributed by atoms with Crippen LogP contribution in [-0.4, -0.2) is 49.4 Å². The summed E-state index contributed by atoms with van der Waals surface area (Å²) in [5.41, 5.74) is 2.53. The van der Waals surface area contributed by atoms with E-state index in [4.69, 9.17) is 16.3 Å². The summed E-state index contributed by atoms with van der Waals surface area (Å²) in [7, 11) is 3.14. The van der Waals surface area contributed by atoms with Crippen LogP contribution in [0.5, 0.6) is 5.75 Å². The zero-order chi connectivity index (χ0) is 22.6. The smallest absolute Gasteiger partial charge is 0.229 e. The molecule has 0 atom stereocenters. The molecule has 3 rings (SSSR count). The van der Waals surface area contributed by atoms with Gasteiger partial charge in [-0.3, -0.25) is 0 Å². The Hall–Kier alpha value is -2.60. The first-order valence-corrected chi connectivity index (χ1v) is 12.7. The molecular formula is C22H27ClN5O2P. The van der Waals surface area contributed by atoms with Crippen molar-refractivity contribution in [3.63, 3.8) is 0 Å². The second-order valence-electron chi connectivity index (χ2n) is 7.74. The van der Waals surface area contributed by atoms with E-state index >= 15 is 0 Å². The number of aromatic nitrogens is 2. The number of rotatable bonds is 8. The van der Waals surface area contributed by atoms with Gasteiger partial charge in [0, 0.05) is 11.8 Å². The van der Waals surface area contributed by atoms with Gasteiger partial charge < -0.3 is 24.8 Å². The lowest BCUT2D eigenvalue weighted by Crippen LogP contribution is -2.13. The summed E-state index contributed by atoms with van der Waals surface area (Å²) in [5.74, 6) is 1.48. The van der Waals surface area contributed by atoms with Gasteiger partial charge >= 0.3 is 0 Å². The van der Waals surface area contributed by atoms with Crippen molar-refractivity contribution in [3.05, 3.63) is 59.2 Å². The Kier molecular flexibility index (Phi) is 7.21. The lowest BCUT2D eigenvalue weighted by Gasteiger charge is -2.18. The second-order valence-corrected chi connectivity index (χ2v) is 11.3. The minimum Gasteiger partial charge on any atom is -0.495 e. The molecule has 0 amide bonds. The Morgan fingerprint density at radius 3 is 2.52 bits per heavy atom. The van der Waals surface area contributed by atoms with Crippen LogP contribution in [0.2, 0.25) is 5.02 Å². The van der Waals surface area contributed by atoms with E-state index in [1.54, 1.807) is 20.4 Å². The van der Waals surface area contributed by atoms with Crippen molar-refractivity contribution in [2.45, 2.75) is 6.54 Å². The van der Waals surface area contributed by atoms with Crippen molar-refractivity contribution in [2.75, 3.05) is 45.2 Å². The van der Waals surface area contributed by atoms with Crippen LogP contribution in [0, 0.1) is 0 Å². The Morgan fingerprint density at radius 2 is 1.84 bits per heavy atom. The van der Waals surface area contributed by atoms with E-state index in [1.807, 2.05) is 56.6 Å². The van der Waals surface area contributed by atoms with Crippen molar-refractivity contribution >= 4 is 47.2 Å². The minimum atomic E-state index is -2.49. The highest BCUT2D eigenvalue weighted by Crippen LogP contribution is 2.39. The molecular weight excluding hydrogens is 433 g/mol. The topological polar surface area (TPSA) is 79.4 Å². The first kappa shape index (κ1) is 23.1. The SMILES string of the molecule is COc1cccc(CN(C)C)c1Nc1ncc(Cl)c(Nc2ccccc2P(C)(C)=O)n1. The molecule has 0 fully saturated rings. The van der Waals surface area contributed by atoms with Crippen LogP contribution in [0.15, 0.2) is 48.7 Å². The third-order valence-electron chi connectivity index (χ3n) is 4.54. The van der Waals surface area contributed by atoms with Gasteiger partial charge in [0.1, 0.15) is 17.9 Å². The molecule has 0 aliphatic rings. The fourth-order valence-electron chi connectivity index (χ4n) is 3.16. The van der Waals surface area contributed by atoms with Gasteiger partial charge in [0.25, 0.3) is 0 Å². The number of hydrogen-bond donors (Lipinski definition) is 2. The van der Waals surface area contributed by atoms with Crippen LogP contribution in [0.25, 0.3) is 0 Å². The number of ether oxygens (including phenoxy) is 1. The molecule has 0 radical (unpaired) electrons. The van der Waals surface area contributed by atoms with Crippen LogP contribution in [0.1, 0.15) is 5.56 Å². The van der Waals surface area contributed by atoms with Gasteiger partial charge in [-0.15, -0.1) is 0 Å². The van der Waals surface area contributed by atoms with E-state index in [0.29, 0.717) is 34.8 Å². The molecule has 9 heteroatoms. The average Bonchev–Trinajstić information content (AvgIpc) is 2.71. The van der Waals surface area contributed by atoms with Crippen LogP contribution >= 0.6 is 18.7 Å². The molecule has 3 aromatic rings. The number of halogens is 1. The number of benzene rings is 2. The summed E-state index contributed by atoms with van der Waals surface area (Å²) in [6.45, 7) is 4.18. The molecule has 0 bridgehead atoms. The van der Waals surface area contributed by atoms with Crippen LogP contribution in [0.4, 0.5) is 23.1 Å². The standard InChI is InChI=1S/C22H27ClN5O2P/c1-28(2)14-15-9-8-11-18(30-3)20(15)26-22-24-13-16(23)21(27-22)25-17-10-6-7-12-19(17)31(4,5)29/h6-13H,14H2,1-5H3,(H2,24,25,26,27). The maximum Gasteiger partial charge on any atom is 0.229 e. The molecule has 0 saturated carbocycles. The number of methoxy groups -OCH3 is 1. The highest BCUT2D eigenvalue weighted by atomic mass is 35.5. The van der Waals surface area contributed by atoms with Crippen LogP contribution < -0.4 is 20.7 Å². The van der Waals surface area contributed by atoms with E-state index in [2.05, 4.69) is 25.5 Å². The fourth-order valence-corrected chi connectivity index (χ4v) is 4.46. The van der Waals surface area contributed by atoms with Crippen LogP contribution in [-0.2, 0) is 11.1 Å². The van der Waals surface area contributed by atoms with E-state index in [-0.39, 0.29) is 0 Å². The predicted molar refractivity (Wildman–Crippen MR) is 130 cm³/mol. The Morgan fingerprint density at radius 1 is 1.10 bits per heavy atom. The minimum absolute atomic E-state index is 0.357. The Bertz CT molecular complexity index is 1120.